The van der Waals surface area contributed by atoms with Crippen molar-refractivity contribution in [2.75, 3.05) is 17.2 Å². The molecule has 0 bridgehead atoms. The lowest BCUT2D eigenvalue weighted by atomic mass is 10.1. The van der Waals surface area contributed by atoms with Crippen molar-refractivity contribution in [2.24, 2.45) is 11.8 Å². The molecule has 3 amide bonds. The molecule has 22 heavy (non-hydrogen) atoms. The summed E-state index contributed by atoms with van der Waals surface area (Å²) in [6.45, 7) is 3.90. The van der Waals surface area contributed by atoms with Crippen LogP contribution in [0.2, 0.25) is 0 Å². The summed E-state index contributed by atoms with van der Waals surface area (Å²) in [5.41, 5.74) is 2.20. The predicted molar refractivity (Wildman–Crippen MR) is 84.3 cm³/mol. The molecular weight excluding hydrogens is 280 g/mol. The number of nitrogens with one attached hydrogen (secondary N) is 3. The highest BCUT2D eigenvalue weighted by molar-refractivity contribution is 5.96. The SMILES string of the molecule is Cc1ccc(NC(=O)C2CC2)cc1NC(=O)NC[C@H](C)C#N. The van der Waals surface area contributed by atoms with E-state index in [9.17, 15) is 9.59 Å². The Labute approximate surface area is 129 Å². The second-order valence-corrected chi connectivity index (χ2v) is 5.66. The van der Waals surface area contributed by atoms with Gasteiger partial charge in [0.25, 0.3) is 0 Å². The van der Waals surface area contributed by atoms with E-state index in [1.165, 1.54) is 0 Å². The van der Waals surface area contributed by atoms with Gasteiger partial charge in [0.15, 0.2) is 0 Å². The van der Waals surface area contributed by atoms with Gasteiger partial charge in [-0.1, -0.05) is 6.07 Å². The van der Waals surface area contributed by atoms with Crippen LogP contribution in [-0.2, 0) is 4.79 Å². The number of rotatable bonds is 5. The Morgan fingerprint density at radius 3 is 2.73 bits per heavy atom. The molecule has 0 aromatic heterocycles. The van der Waals surface area contributed by atoms with Crippen molar-refractivity contribution in [1.82, 2.24) is 5.32 Å². The lowest BCUT2D eigenvalue weighted by molar-refractivity contribution is -0.117. The summed E-state index contributed by atoms with van der Waals surface area (Å²) in [5.74, 6) is -0.0772. The normalized spacial score (nSPS) is 14.6. The molecule has 0 spiro atoms. The fourth-order valence-corrected chi connectivity index (χ4v) is 1.88. The van der Waals surface area contributed by atoms with Gasteiger partial charge in [0.05, 0.1) is 12.0 Å². The van der Waals surface area contributed by atoms with E-state index >= 15 is 0 Å². The van der Waals surface area contributed by atoms with Crippen LogP contribution >= 0.6 is 0 Å². The van der Waals surface area contributed by atoms with Crippen LogP contribution < -0.4 is 16.0 Å². The minimum atomic E-state index is -0.365. The number of nitriles is 1. The number of amides is 3. The summed E-state index contributed by atoms with van der Waals surface area (Å²) in [6, 6.07) is 7.09. The maximum atomic E-state index is 11.8. The first-order valence-electron chi connectivity index (χ1n) is 7.35. The van der Waals surface area contributed by atoms with Crippen LogP contribution in [0.1, 0.15) is 25.3 Å². The molecule has 0 unspecified atom stereocenters. The lowest BCUT2D eigenvalue weighted by Gasteiger charge is -2.12. The van der Waals surface area contributed by atoms with Crippen LogP contribution in [0.4, 0.5) is 16.2 Å². The molecule has 6 heteroatoms. The molecule has 1 aliphatic rings. The lowest BCUT2D eigenvalue weighted by Crippen LogP contribution is -2.32. The van der Waals surface area contributed by atoms with Gasteiger partial charge in [-0.25, -0.2) is 4.79 Å². The molecule has 0 radical (unpaired) electrons. The van der Waals surface area contributed by atoms with E-state index in [1.54, 1.807) is 13.0 Å². The van der Waals surface area contributed by atoms with Crippen molar-refractivity contribution in [3.05, 3.63) is 23.8 Å². The Morgan fingerprint density at radius 1 is 1.36 bits per heavy atom. The average Bonchev–Trinajstić information content (AvgIpc) is 3.33. The summed E-state index contributed by atoms with van der Waals surface area (Å²) in [4.78, 5) is 23.6. The Hall–Kier alpha value is -2.55. The number of nitrogens with zero attached hydrogens (tertiary/aromatic N) is 1. The molecule has 2 rings (SSSR count). The predicted octanol–water partition coefficient (Wildman–Crippen LogP) is 2.62. The maximum absolute atomic E-state index is 11.8. The molecule has 1 aromatic carbocycles. The zero-order chi connectivity index (χ0) is 16.1. The van der Waals surface area contributed by atoms with Crippen LogP contribution in [0, 0.1) is 30.1 Å². The first-order valence-corrected chi connectivity index (χ1v) is 7.35. The number of anilines is 2. The van der Waals surface area contributed by atoms with E-state index < -0.39 is 0 Å². The molecule has 1 fully saturated rings. The molecule has 3 N–H and O–H groups in total. The highest BCUT2D eigenvalue weighted by Crippen LogP contribution is 2.30. The number of carbonyl (C=O) groups excluding carboxylic acids is 2. The Morgan fingerprint density at radius 2 is 2.09 bits per heavy atom. The van der Waals surface area contributed by atoms with E-state index in [2.05, 4.69) is 22.0 Å². The number of hydrogen-bond acceptors (Lipinski definition) is 3. The summed E-state index contributed by atoms with van der Waals surface area (Å²) in [7, 11) is 0. The molecule has 1 saturated carbocycles. The second-order valence-electron chi connectivity index (χ2n) is 5.66. The first-order chi connectivity index (χ1) is 10.5. The Kier molecular flexibility index (Phi) is 4.99. The topological polar surface area (TPSA) is 94.0 Å². The van der Waals surface area contributed by atoms with Gasteiger partial charge in [-0.3, -0.25) is 4.79 Å². The van der Waals surface area contributed by atoms with Crippen LogP contribution in [-0.4, -0.2) is 18.5 Å². The van der Waals surface area contributed by atoms with Gasteiger partial charge in [-0.05, 0) is 44.4 Å². The molecule has 1 atom stereocenters. The van der Waals surface area contributed by atoms with Gasteiger partial charge in [0.2, 0.25) is 5.91 Å². The van der Waals surface area contributed by atoms with Crippen molar-refractivity contribution in [3.8, 4) is 6.07 Å². The molecule has 6 nitrogen and oxygen atoms in total. The minimum Gasteiger partial charge on any atom is -0.337 e. The molecular formula is C16H20N4O2. The number of carbonyl (C=O) groups is 2. The average molecular weight is 300 g/mol. The van der Waals surface area contributed by atoms with Gasteiger partial charge in [-0.2, -0.15) is 5.26 Å². The van der Waals surface area contributed by atoms with Crippen molar-refractivity contribution in [3.63, 3.8) is 0 Å². The van der Waals surface area contributed by atoms with E-state index in [-0.39, 0.29) is 23.8 Å². The number of urea groups is 1. The smallest absolute Gasteiger partial charge is 0.319 e. The van der Waals surface area contributed by atoms with Crippen LogP contribution in [0.15, 0.2) is 18.2 Å². The Bertz CT molecular complexity index is 617. The first kappa shape index (κ1) is 15.8. The zero-order valence-electron chi connectivity index (χ0n) is 12.8. The Balaban J connectivity index is 1.95. The van der Waals surface area contributed by atoms with Gasteiger partial charge >= 0.3 is 6.03 Å². The van der Waals surface area contributed by atoms with Crippen molar-refractivity contribution < 1.29 is 9.59 Å². The van der Waals surface area contributed by atoms with Gasteiger partial charge in [0, 0.05) is 23.8 Å². The van der Waals surface area contributed by atoms with Crippen LogP contribution in [0.3, 0.4) is 0 Å². The van der Waals surface area contributed by atoms with E-state index in [1.807, 2.05) is 19.1 Å². The van der Waals surface area contributed by atoms with Gasteiger partial charge in [-0.15, -0.1) is 0 Å². The third-order valence-corrected chi connectivity index (χ3v) is 3.49. The summed E-state index contributed by atoms with van der Waals surface area (Å²) >= 11 is 0. The summed E-state index contributed by atoms with van der Waals surface area (Å²) < 4.78 is 0. The molecule has 1 aliphatic carbocycles. The monoisotopic (exact) mass is 300 g/mol. The van der Waals surface area contributed by atoms with Crippen LogP contribution in [0.5, 0.6) is 0 Å². The summed E-state index contributed by atoms with van der Waals surface area (Å²) in [5, 5.41) is 16.9. The third kappa shape index (κ3) is 4.48. The number of aryl methyl sites for hydroxylation is 1. The van der Waals surface area contributed by atoms with Crippen molar-refractivity contribution in [2.45, 2.75) is 26.7 Å². The number of benzene rings is 1. The van der Waals surface area contributed by atoms with Crippen molar-refractivity contribution in [1.29, 1.82) is 5.26 Å². The fourth-order valence-electron chi connectivity index (χ4n) is 1.88. The van der Waals surface area contributed by atoms with E-state index in [4.69, 9.17) is 5.26 Å². The fraction of sp³-hybridized carbons (Fsp3) is 0.438. The number of hydrogen-bond donors (Lipinski definition) is 3. The summed E-state index contributed by atoms with van der Waals surface area (Å²) in [6.07, 6.45) is 1.89. The quantitative estimate of drug-likeness (QED) is 0.780. The standard InChI is InChI=1S/C16H20N4O2/c1-10(8-17)9-18-16(22)20-14-7-13(6-3-11(14)2)19-15(21)12-4-5-12/h3,6-7,10,12H,4-5,9H2,1-2H3,(H,19,21)(H2,18,20,22)/t10-/m1/s1. The van der Waals surface area contributed by atoms with Crippen molar-refractivity contribution >= 4 is 23.3 Å². The van der Waals surface area contributed by atoms with E-state index in [0.29, 0.717) is 17.9 Å². The maximum Gasteiger partial charge on any atom is 0.319 e. The highest BCUT2D eigenvalue weighted by Gasteiger charge is 2.29. The molecule has 0 saturated heterocycles. The third-order valence-electron chi connectivity index (χ3n) is 3.49. The second kappa shape index (κ2) is 6.94. The van der Waals surface area contributed by atoms with E-state index in [0.717, 1.165) is 18.4 Å². The largest absolute Gasteiger partial charge is 0.337 e. The molecule has 1 aromatic rings. The minimum absolute atomic E-state index is 0.0297. The van der Waals surface area contributed by atoms with Crippen LogP contribution in [0.25, 0.3) is 0 Å². The molecule has 0 heterocycles. The zero-order valence-corrected chi connectivity index (χ0v) is 12.8. The van der Waals surface area contributed by atoms with Gasteiger partial charge < -0.3 is 16.0 Å². The molecule has 116 valence electrons. The molecule has 0 aliphatic heterocycles. The van der Waals surface area contributed by atoms with Gasteiger partial charge in [0.1, 0.15) is 0 Å². The highest BCUT2D eigenvalue weighted by atomic mass is 16.2.